The highest BCUT2D eigenvalue weighted by molar-refractivity contribution is 5.82. The van der Waals surface area contributed by atoms with Crippen molar-refractivity contribution < 1.29 is 4.74 Å². The van der Waals surface area contributed by atoms with Gasteiger partial charge in [-0.25, -0.2) is 0 Å². The molecule has 0 aliphatic heterocycles. The van der Waals surface area contributed by atoms with Crippen LogP contribution < -0.4 is 0 Å². The Morgan fingerprint density at radius 2 is 2.00 bits per heavy atom. The first-order valence-electron chi connectivity index (χ1n) is 4.79. The number of hydrogen-bond donors (Lipinski definition) is 0. The number of rotatable bonds is 3. The average molecular weight is 185 g/mol. The van der Waals surface area contributed by atoms with Crippen LogP contribution >= 0.6 is 0 Å². The number of benzene rings is 2. The molecule has 0 atom stereocenters. The minimum Gasteiger partial charge on any atom is -0.384 e. The first-order chi connectivity index (χ1) is 6.90. The third-order valence-electron chi connectivity index (χ3n) is 2.30. The van der Waals surface area contributed by atoms with Gasteiger partial charge >= 0.3 is 0 Å². The zero-order chi connectivity index (χ0) is 9.80. The summed E-state index contributed by atoms with van der Waals surface area (Å²) in [7, 11) is 1.72. The lowest BCUT2D eigenvalue weighted by molar-refractivity contribution is 0.202. The lowest BCUT2D eigenvalue weighted by Gasteiger charge is -2.02. The first kappa shape index (κ1) is 9.22. The van der Waals surface area contributed by atoms with Crippen LogP contribution in [-0.4, -0.2) is 13.7 Å². The van der Waals surface area contributed by atoms with E-state index in [2.05, 4.69) is 30.3 Å². The van der Waals surface area contributed by atoms with Gasteiger partial charge in [-0.15, -0.1) is 0 Å². The van der Waals surface area contributed by atoms with E-state index in [1.54, 1.807) is 7.11 Å². The van der Waals surface area contributed by atoms with Crippen molar-refractivity contribution in [3.8, 4) is 0 Å². The predicted molar refractivity (Wildman–Crippen MR) is 58.4 cm³/mol. The van der Waals surface area contributed by atoms with E-state index in [0.29, 0.717) is 0 Å². The third-order valence-corrected chi connectivity index (χ3v) is 2.30. The molecular formula is C13H13O. The Morgan fingerprint density at radius 3 is 2.86 bits per heavy atom. The van der Waals surface area contributed by atoms with E-state index < -0.39 is 0 Å². The van der Waals surface area contributed by atoms with Crippen LogP contribution in [0.2, 0.25) is 0 Å². The zero-order valence-electron chi connectivity index (χ0n) is 8.29. The van der Waals surface area contributed by atoms with Crippen LogP contribution in [0.15, 0.2) is 36.4 Å². The average Bonchev–Trinajstić information content (AvgIpc) is 2.26. The summed E-state index contributed by atoms with van der Waals surface area (Å²) in [5.74, 6) is 0. The van der Waals surface area contributed by atoms with Crippen LogP contribution in [0.5, 0.6) is 0 Å². The van der Waals surface area contributed by atoms with Gasteiger partial charge < -0.3 is 4.74 Å². The van der Waals surface area contributed by atoms with Crippen molar-refractivity contribution in [3.63, 3.8) is 0 Å². The van der Waals surface area contributed by atoms with Gasteiger partial charge in [0.05, 0.1) is 6.61 Å². The number of ether oxygens (including phenoxy) is 1. The van der Waals surface area contributed by atoms with Crippen molar-refractivity contribution in [2.45, 2.75) is 6.42 Å². The highest BCUT2D eigenvalue weighted by Gasteiger charge is 1.96. The van der Waals surface area contributed by atoms with Crippen molar-refractivity contribution in [3.05, 3.63) is 48.0 Å². The maximum absolute atomic E-state index is 5.04. The summed E-state index contributed by atoms with van der Waals surface area (Å²) in [5.41, 5.74) is 1.21. The van der Waals surface area contributed by atoms with Gasteiger partial charge in [0.25, 0.3) is 0 Å². The Hall–Kier alpha value is -1.34. The van der Waals surface area contributed by atoms with Gasteiger partial charge in [-0.1, -0.05) is 36.4 Å². The van der Waals surface area contributed by atoms with Crippen molar-refractivity contribution in [1.29, 1.82) is 0 Å². The largest absolute Gasteiger partial charge is 0.384 e. The molecule has 0 aromatic heterocycles. The molecular weight excluding hydrogens is 172 g/mol. The molecule has 0 saturated heterocycles. The second kappa shape index (κ2) is 4.25. The summed E-state index contributed by atoms with van der Waals surface area (Å²) in [6, 6.07) is 15.9. The molecule has 0 spiro atoms. The van der Waals surface area contributed by atoms with Crippen LogP contribution in [0.4, 0.5) is 0 Å². The molecule has 0 aliphatic rings. The molecule has 2 aromatic rings. The highest BCUT2D eigenvalue weighted by Crippen LogP contribution is 2.14. The number of methoxy groups -OCH3 is 1. The van der Waals surface area contributed by atoms with Crippen LogP contribution in [0, 0.1) is 6.07 Å². The van der Waals surface area contributed by atoms with Gasteiger partial charge in [0.2, 0.25) is 0 Å². The molecule has 0 bridgehead atoms. The van der Waals surface area contributed by atoms with E-state index in [9.17, 15) is 0 Å². The van der Waals surface area contributed by atoms with Gasteiger partial charge in [0.15, 0.2) is 0 Å². The highest BCUT2D eigenvalue weighted by atomic mass is 16.5. The molecule has 1 nitrogen and oxygen atoms in total. The zero-order valence-corrected chi connectivity index (χ0v) is 8.29. The quantitative estimate of drug-likeness (QED) is 0.714. The van der Waals surface area contributed by atoms with Crippen LogP contribution in [0.25, 0.3) is 10.8 Å². The summed E-state index contributed by atoms with van der Waals surface area (Å²) in [6.07, 6.45) is 0.932. The third kappa shape index (κ3) is 1.94. The molecule has 0 aliphatic carbocycles. The van der Waals surface area contributed by atoms with Gasteiger partial charge in [0.1, 0.15) is 0 Å². The van der Waals surface area contributed by atoms with Gasteiger partial charge in [-0.3, -0.25) is 0 Å². The van der Waals surface area contributed by atoms with Gasteiger partial charge in [-0.2, -0.15) is 0 Å². The monoisotopic (exact) mass is 185 g/mol. The molecule has 71 valence electrons. The van der Waals surface area contributed by atoms with E-state index >= 15 is 0 Å². The smallest absolute Gasteiger partial charge is 0.0502 e. The Balaban J connectivity index is 2.32. The second-order valence-electron chi connectivity index (χ2n) is 3.31. The lowest BCUT2D eigenvalue weighted by atomic mass is 10.1. The van der Waals surface area contributed by atoms with Crippen LogP contribution in [0.3, 0.4) is 0 Å². The first-order valence-corrected chi connectivity index (χ1v) is 4.79. The standard InChI is InChI=1S/C13H13O/c1-14-9-8-11-6-7-12-4-2-3-5-13(12)10-11/h2-7H,8-9H2,1H3. The van der Waals surface area contributed by atoms with Crippen molar-refractivity contribution in [2.75, 3.05) is 13.7 Å². The van der Waals surface area contributed by atoms with E-state index in [4.69, 9.17) is 4.74 Å². The molecule has 2 aromatic carbocycles. The molecule has 2 rings (SSSR count). The Labute approximate surface area is 84.3 Å². The van der Waals surface area contributed by atoms with Gasteiger partial charge in [0, 0.05) is 7.11 Å². The van der Waals surface area contributed by atoms with E-state index in [1.165, 1.54) is 16.3 Å². The Morgan fingerprint density at radius 1 is 1.14 bits per heavy atom. The van der Waals surface area contributed by atoms with Crippen LogP contribution in [0.1, 0.15) is 5.56 Å². The fourth-order valence-corrected chi connectivity index (χ4v) is 1.52. The molecule has 0 unspecified atom stereocenters. The fraction of sp³-hybridized carbons (Fsp3) is 0.231. The molecule has 0 fully saturated rings. The molecule has 0 amide bonds. The molecule has 0 saturated carbocycles. The lowest BCUT2D eigenvalue weighted by Crippen LogP contribution is -1.94. The number of fused-ring (bicyclic) bond motifs is 1. The van der Waals surface area contributed by atoms with Gasteiger partial charge in [-0.05, 0) is 28.8 Å². The molecule has 1 heteroatoms. The normalized spacial score (nSPS) is 10.6. The topological polar surface area (TPSA) is 9.23 Å². The molecule has 1 radical (unpaired) electrons. The van der Waals surface area contributed by atoms with Crippen molar-refractivity contribution >= 4 is 10.8 Å². The minimum absolute atomic E-state index is 0.759. The maximum Gasteiger partial charge on any atom is 0.0502 e. The minimum atomic E-state index is 0.759. The van der Waals surface area contributed by atoms with Crippen molar-refractivity contribution in [1.82, 2.24) is 0 Å². The van der Waals surface area contributed by atoms with E-state index in [-0.39, 0.29) is 0 Å². The molecule has 0 N–H and O–H groups in total. The summed E-state index contributed by atoms with van der Waals surface area (Å²) >= 11 is 0. The molecule has 0 heterocycles. The summed E-state index contributed by atoms with van der Waals surface area (Å²) in [4.78, 5) is 0. The summed E-state index contributed by atoms with van der Waals surface area (Å²) in [6.45, 7) is 0.759. The van der Waals surface area contributed by atoms with Crippen LogP contribution in [-0.2, 0) is 11.2 Å². The number of hydrogen-bond acceptors (Lipinski definition) is 1. The maximum atomic E-state index is 5.04. The SMILES string of the molecule is COCCc1[c]c2ccccc2cc1. The summed E-state index contributed by atoms with van der Waals surface area (Å²) in [5, 5.41) is 2.43. The fourth-order valence-electron chi connectivity index (χ4n) is 1.52. The molecule has 14 heavy (non-hydrogen) atoms. The van der Waals surface area contributed by atoms with E-state index in [0.717, 1.165) is 13.0 Å². The Bertz CT molecular complexity index is 420. The summed E-state index contributed by atoms with van der Waals surface area (Å²) < 4.78 is 5.04. The Kier molecular flexibility index (Phi) is 2.80. The van der Waals surface area contributed by atoms with E-state index in [1.807, 2.05) is 12.1 Å². The second-order valence-corrected chi connectivity index (χ2v) is 3.31. The van der Waals surface area contributed by atoms with Crippen molar-refractivity contribution in [2.24, 2.45) is 0 Å². The predicted octanol–water partition coefficient (Wildman–Crippen LogP) is 2.83.